The van der Waals surface area contributed by atoms with Gasteiger partial charge < -0.3 is 14.2 Å². The van der Waals surface area contributed by atoms with Crippen molar-refractivity contribution in [3.05, 3.63) is 38.8 Å². The number of esters is 1. The molecule has 26 heavy (non-hydrogen) atoms. The Morgan fingerprint density at radius 1 is 1.35 bits per heavy atom. The zero-order valence-corrected chi connectivity index (χ0v) is 17.1. The predicted octanol–water partition coefficient (Wildman–Crippen LogP) is 3.07. The van der Waals surface area contributed by atoms with Crippen LogP contribution in [-0.2, 0) is 14.3 Å². The standard InChI is InChI=1S/C17H16INO6S/c1-4-5-25-15-11(18)6-10(7-12(15)23-2)8-13-16(21)19(17(22)26-13)9-14(20)24-3/h4,6-8H,1,5,9H2,2-3H3/b13-8-. The first-order chi connectivity index (χ1) is 12.4. The summed E-state index contributed by atoms with van der Waals surface area (Å²) in [5.41, 5.74) is 0.667. The molecule has 2 amide bonds. The van der Waals surface area contributed by atoms with E-state index >= 15 is 0 Å². The van der Waals surface area contributed by atoms with E-state index in [0.29, 0.717) is 23.7 Å². The molecule has 0 bridgehead atoms. The monoisotopic (exact) mass is 489 g/mol. The van der Waals surface area contributed by atoms with Crippen molar-refractivity contribution in [1.82, 2.24) is 4.90 Å². The maximum absolute atomic E-state index is 12.4. The second-order valence-electron chi connectivity index (χ2n) is 4.98. The van der Waals surface area contributed by atoms with E-state index in [-0.39, 0.29) is 4.91 Å². The van der Waals surface area contributed by atoms with E-state index < -0.39 is 23.7 Å². The maximum atomic E-state index is 12.4. The highest BCUT2D eigenvalue weighted by Crippen LogP contribution is 2.37. The van der Waals surface area contributed by atoms with Crippen molar-refractivity contribution in [2.45, 2.75) is 0 Å². The Balaban J connectivity index is 2.30. The molecule has 0 radical (unpaired) electrons. The number of thioether (sulfide) groups is 1. The minimum Gasteiger partial charge on any atom is -0.493 e. The zero-order valence-electron chi connectivity index (χ0n) is 14.1. The van der Waals surface area contributed by atoms with E-state index in [9.17, 15) is 14.4 Å². The van der Waals surface area contributed by atoms with E-state index in [2.05, 4.69) is 33.9 Å². The third-order valence-corrected chi connectivity index (χ3v) is 4.99. The number of hydrogen-bond donors (Lipinski definition) is 0. The molecule has 0 aliphatic carbocycles. The highest BCUT2D eigenvalue weighted by molar-refractivity contribution is 14.1. The molecule has 9 heteroatoms. The Morgan fingerprint density at radius 2 is 2.08 bits per heavy atom. The van der Waals surface area contributed by atoms with Crippen LogP contribution >= 0.6 is 34.4 Å². The van der Waals surface area contributed by atoms with Gasteiger partial charge in [-0.25, -0.2) is 0 Å². The van der Waals surface area contributed by atoms with Crippen molar-refractivity contribution in [1.29, 1.82) is 0 Å². The summed E-state index contributed by atoms with van der Waals surface area (Å²) in [4.78, 5) is 36.7. The minimum absolute atomic E-state index is 0.219. The lowest BCUT2D eigenvalue weighted by Gasteiger charge is -2.12. The van der Waals surface area contributed by atoms with Crippen LogP contribution in [0.2, 0.25) is 0 Å². The Kier molecular flexibility index (Phi) is 7.09. The number of benzene rings is 1. The molecule has 1 saturated heterocycles. The highest BCUT2D eigenvalue weighted by Gasteiger charge is 2.36. The van der Waals surface area contributed by atoms with E-state index in [0.717, 1.165) is 20.2 Å². The molecular weight excluding hydrogens is 473 g/mol. The van der Waals surface area contributed by atoms with Gasteiger partial charge in [0, 0.05) is 0 Å². The van der Waals surface area contributed by atoms with Crippen LogP contribution in [-0.4, -0.2) is 49.4 Å². The SMILES string of the molecule is C=CCOc1c(I)cc(/C=C2\SC(=O)N(CC(=O)OC)C2=O)cc1OC. The number of nitrogens with zero attached hydrogens (tertiary/aromatic N) is 1. The molecule has 1 fully saturated rings. The summed E-state index contributed by atoms with van der Waals surface area (Å²) in [7, 11) is 2.71. The lowest BCUT2D eigenvalue weighted by atomic mass is 10.2. The average Bonchev–Trinajstić information content (AvgIpc) is 2.87. The van der Waals surface area contributed by atoms with Crippen LogP contribution in [0.25, 0.3) is 6.08 Å². The van der Waals surface area contributed by atoms with Gasteiger partial charge in [-0.2, -0.15) is 0 Å². The van der Waals surface area contributed by atoms with Gasteiger partial charge in [0.1, 0.15) is 13.2 Å². The molecule has 1 aromatic rings. The summed E-state index contributed by atoms with van der Waals surface area (Å²) in [6, 6.07) is 3.50. The van der Waals surface area contributed by atoms with Gasteiger partial charge in [-0.3, -0.25) is 19.3 Å². The molecule has 0 saturated carbocycles. The quantitative estimate of drug-likeness (QED) is 0.252. The van der Waals surface area contributed by atoms with Crippen molar-refractivity contribution in [2.24, 2.45) is 0 Å². The van der Waals surface area contributed by atoms with Crippen LogP contribution in [0.1, 0.15) is 5.56 Å². The smallest absolute Gasteiger partial charge is 0.325 e. The molecule has 0 N–H and O–H groups in total. The third-order valence-electron chi connectivity index (χ3n) is 3.28. The van der Waals surface area contributed by atoms with Crippen LogP contribution in [0, 0.1) is 3.57 Å². The molecule has 1 heterocycles. The molecule has 1 aromatic carbocycles. The van der Waals surface area contributed by atoms with Crippen molar-refractivity contribution in [2.75, 3.05) is 27.4 Å². The average molecular weight is 489 g/mol. The van der Waals surface area contributed by atoms with Gasteiger partial charge in [0.15, 0.2) is 11.5 Å². The second kappa shape index (κ2) is 9.08. The summed E-state index contributed by atoms with van der Waals surface area (Å²) < 4.78 is 16.2. The molecule has 1 aliphatic heterocycles. The van der Waals surface area contributed by atoms with E-state index in [1.54, 1.807) is 24.3 Å². The van der Waals surface area contributed by atoms with E-state index in [4.69, 9.17) is 9.47 Å². The number of carbonyl (C=O) groups excluding carboxylic acids is 3. The number of carbonyl (C=O) groups is 3. The summed E-state index contributed by atoms with van der Waals surface area (Å²) in [5.74, 6) is -0.123. The number of halogens is 1. The van der Waals surface area contributed by atoms with E-state index in [1.165, 1.54) is 14.2 Å². The van der Waals surface area contributed by atoms with Crippen LogP contribution in [0.5, 0.6) is 11.5 Å². The van der Waals surface area contributed by atoms with Crippen molar-refractivity contribution < 1.29 is 28.6 Å². The van der Waals surface area contributed by atoms with Crippen LogP contribution in [0.15, 0.2) is 29.7 Å². The fourth-order valence-corrected chi connectivity index (χ4v) is 3.71. The van der Waals surface area contributed by atoms with Gasteiger partial charge in [-0.1, -0.05) is 12.7 Å². The fourth-order valence-electron chi connectivity index (χ4n) is 2.09. The first-order valence-electron chi connectivity index (χ1n) is 7.34. The minimum atomic E-state index is -0.659. The first kappa shape index (κ1) is 20.3. The Bertz CT molecular complexity index is 792. The number of imide groups is 1. The van der Waals surface area contributed by atoms with Gasteiger partial charge in [-0.15, -0.1) is 0 Å². The number of ether oxygens (including phenoxy) is 3. The summed E-state index contributed by atoms with van der Waals surface area (Å²) in [5, 5.41) is -0.515. The summed E-state index contributed by atoms with van der Waals surface area (Å²) in [6.45, 7) is 3.53. The first-order valence-corrected chi connectivity index (χ1v) is 9.24. The third kappa shape index (κ3) is 4.58. The van der Waals surface area contributed by atoms with Crippen LogP contribution in [0.3, 0.4) is 0 Å². The highest BCUT2D eigenvalue weighted by atomic mass is 127. The van der Waals surface area contributed by atoms with Gasteiger partial charge in [0.05, 0.1) is 22.7 Å². The molecule has 0 atom stereocenters. The number of amides is 2. The molecule has 7 nitrogen and oxygen atoms in total. The molecule has 0 aromatic heterocycles. The van der Waals surface area contributed by atoms with Gasteiger partial charge in [-0.05, 0) is 58.1 Å². The molecular formula is C17H16INO6S. The summed E-state index contributed by atoms with van der Waals surface area (Å²) in [6.07, 6.45) is 3.20. The largest absolute Gasteiger partial charge is 0.493 e. The normalized spacial score (nSPS) is 15.3. The second-order valence-corrected chi connectivity index (χ2v) is 7.13. The van der Waals surface area contributed by atoms with Crippen molar-refractivity contribution in [3.8, 4) is 11.5 Å². The topological polar surface area (TPSA) is 82.1 Å². The van der Waals surface area contributed by atoms with Crippen molar-refractivity contribution >= 4 is 57.5 Å². The lowest BCUT2D eigenvalue weighted by Crippen LogP contribution is -2.34. The fraction of sp³-hybridized carbons (Fsp3) is 0.235. The molecule has 0 unspecified atom stereocenters. The van der Waals surface area contributed by atoms with Crippen molar-refractivity contribution in [3.63, 3.8) is 0 Å². The lowest BCUT2D eigenvalue weighted by molar-refractivity contribution is -0.143. The van der Waals surface area contributed by atoms with Crippen LogP contribution in [0.4, 0.5) is 4.79 Å². The van der Waals surface area contributed by atoms with Gasteiger partial charge in [0.2, 0.25) is 0 Å². The molecule has 138 valence electrons. The zero-order chi connectivity index (χ0) is 19.3. The molecule has 2 rings (SSSR count). The Hall–Kier alpha value is -2.01. The number of hydrogen-bond acceptors (Lipinski definition) is 7. The maximum Gasteiger partial charge on any atom is 0.325 e. The van der Waals surface area contributed by atoms with E-state index in [1.807, 2.05) is 0 Å². The molecule has 0 spiro atoms. The molecule has 1 aliphatic rings. The number of rotatable bonds is 7. The Morgan fingerprint density at radius 3 is 2.69 bits per heavy atom. The summed E-state index contributed by atoms with van der Waals surface area (Å²) >= 11 is 2.87. The van der Waals surface area contributed by atoms with Gasteiger partial charge >= 0.3 is 5.97 Å². The predicted molar refractivity (Wildman–Crippen MR) is 106 cm³/mol. The number of methoxy groups -OCH3 is 2. The van der Waals surface area contributed by atoms with Crippen LogP contribution < -0.4 is 9.47 Å². The Labute approximate surface area is 168 Å². The van der Waals surface area contributed by atoms with Gasteiger partial charge in [0.25, 0.3) is 11.1 Å².